The number of nitrogens with two attached hydrogens (primary N) is 1. The number of unbranched alkanes of at least 4 members (excludes halogenated alkanes) is 1. The van der Waals surface area contributed by atoms with Crippen molar-refractivity contribution in [1.82, 2.24) is 0 Å². The normalized spacial score (nSPS) is 11.4. The molecule has 0 amide bonds. The number of ether oxygens (including phenoxy) is 1. The Kier molecular flexibility index (Phi) is 4.18. The lowest BCUT2D eigenvalue weighted by Gasteiger charge is -2.09. The highest BCUT2D eigenvalue weighted by Gasteiger charge is 2.09. The highest BCUT2D eigenvalue weighted by atomic mass is 32.2. The van der Waals surface area contributed by atoms with Gasteiger partial charge in [-0.05, 0) is 24.6 Å². The highest BCUT2D eigenvalue weighted by Crippen LogP contribution is 2.24. The summed E-state index contributed by atoms with van der Waals surface area (Å²) in [5.74, 6) is 0.542. The fourth-order valence-electron chi connectivity index (χ4n) is 1.22. The van der Waals surface area contributed by atoms with Crippen LogP contribution in [0.15, 0.2) is 23.1 Å². The van der Waals surface area contributed by atoms with Crippen LogP contribution in [0.5, 0.6) is 5.75 Å². The predicted molar refractivity (Wildman–Crippen MR) is 64.4 cm³/mol. The standard InChI is InChI=1S/C11H17NO3S/c1-3-4-7-15-11-6-5-9(8-10(11)12)16(2,13)14/h5-6,8H,3-4,7,12H2,1-2H3. The summed E-state index contributed by atoms with van der Waals surface area (Å²) in [6.45, 7) is 2.67. The van der Waals surface area contributed by atoms with Crippen molar-refractivity contribution in [2.45, 2.75) is 24.7 Å². The monoisotopic (exact) mass is 243 g/mol. The molecule has 0 spiro atoms. The molecule has 0 atom stereocenters. The van der Waals surface area contributed by atoms with Crippen LogP contribution in [0.2, 0.25) is 0 Å². The molecule has 0 saturated carbocycles. The lowest BCUT2D eigenvalue weighted by molar-refractivity contribution is 0.311. The molecule has 0 bridgehead atoms. The van der Waals surface area contributed by atoms with Crippen LogP contribution in [0, 0.1) is 0 Å². The fourth-order valence-corrected chi connectivity index (χ4v) is 1.87. The van der Waals surface area contributed by atoms with E-state index in [2.05, 4.69) is 6.92 Å². The Balaban J connectivity index is 2.84. The van der Waals surface area contributed by atoms with E-state index in [1.807, 2.05) is 0 Å². The van der Waals surface area contributed by atoms with Crippen molar-refractivity contribution in [3.63, 3.8) is 0 Å². The Hall–Kier alpha value is -1.23. The van der Waals surface area contributed by atoms with Crippen LogP contribution in [0.4, 0.5) is 5.69 Å². The van der Waals surface area contributed by atoms with Crippen LogP contribution in [0.25, 0.3) is 0 Å². The molecule has 5 heteroatoms. The van der Waals surface area contributed by atoms with Crippen molar-refractivity contribution in [3.05, 3.63) is 18.2 Å². The summed E-state index contributed by atoms with van der Waals surface area (Å²) in [6.07, 6.45) is 3.15. The van der Waals surface area contributed by atoms with Crippen molar-refractivity contribution in [1.29, 1.82) is 0 Å². The number of rotatable bonds is 5. The summed E-state index contributed by atoms with van der Waals surface area (Å²) < 4.78 is 27.9. The molecule has 1 aromatic rings. The summed E-state index contributed by atoms with van der Waals surface area (Å²) in [5, 5.41) is 0. The topological polar surface area (TPSA) is 69.4 Å². The van der Waals surface area contributed by atoms with Crippen molar-refractivity contribution >= 4 is 15.5 Å². The lowest BCUT2D eigenvalue weighted by atomic mass is 10.3. The zero-order valence-electron chi connectivity index (χ0n) is 9.56. The minimum absolute atomic E-state index is 0.216. The van der Waals surface area contributed by atoms with Crippen molar-refractivity contribution in [2.24, 2.45) is 0 Å². The van der Waals surface area contributed by atoms with Gasteiger partial charge in [0.25, 0.3) is 0 Å². The third kappa shape index (κ3) is 3.41. The van der Waals surface area contributed by atoms with Crippen LogP contribution in [0.1, 0.15) is 19.8 Å². The van der Waals surface area contributed by atoms with Crippen molar-refractivity contribution < 1.29 is 13.2 Å². The van der Waals surface area contributed by atoms with Gasteiger partial charge in [0.05, 0.1) is 17.2 Å². The maximum Gasteiger partial charge on any atom is 0.175 e. The molecular formula is C11H17NO3S. The van der Waals surface area contributed by atoms with Gasteiger partial charge in [-0.25, -0.2) is 8.42 Å². The molecular weight excluding hydrogens is 226 g/mol. The van der Waals surface area contributed by atoms with Crippen molar-refractivity contribution in [2.75, 3.05) is 18.6 Å². The molecule has 1 aromatic carbocycles. The molecule has 0 radical (unpaired) electrons. The Labute approximate surface area is 96.3 Å². The molecule has 0 aliphatic rings. The van der Waals surface area contributed by atoms with Crippen molar-refractivity contribution in [3.8, 4) is 5.75 Å². The molecule has 0 aromatic heterocycles. The van der Waals surface area contributed by atoms with Crippen LogP contribution in [0.3, 0.4) is 0 Å². The first-order valence-corrected chi connectivity index (χ1v) is 7.06. The van der Waals surface area contributed by atoms with E-state index in [1.54, 1.807) is 6.07 Å². The number of hydrogen-bond acceptors (Lipinski definition) is 4. The smallest absolute Gasteiger partial charge is 0.175 e. The van der Waals surface area contributed by atoms with Crippen LogP contribution in [-0.4, -0.2) is 21.3 Å². The SMILES string of the molecule is CCCCOc1ccc(S(C)(=O)=O)cc1N. The molecule has 0 heterocycles. The van der Waals surface area contributed by atoms with Crippen LogP contribution >= 0.6 is 0 Å². The molecule has 0 saturated heterocycles. The maximum atomic E-state index is 11.3. The van der Waals surface area contributed by atoms with E-state index in [1.165, 1.54) is 12.1 Å². The van der Waals surface area contributed by atoms with Gasteiger partial charge < -0.3 is 10.5 Å². The molecule has 4 nitrogen and oxygen atoms in total. The lowest BCUT2D eigenvalue weighted by Crippen LogP contribution is -2.02. The zero-order valence-corrected chi connectivity index (χ0v) is 10.4. The first-order chi connectivity index (χ1) is 7.45. The molecule has 0 aliphatic heterocycles. The second kappa shape index (κ2) is 5.21. The molecule has 0 aliphatic carbocycles. The van der Waals surface area contributed by atoms with E-state index in [9.17, 15) is 8.42 Å². The Morgan fingerprint density at radius 2 is 2.06 bits per heavy atom. The van der Waals surface area contributed by atoms with Gasteiger partial charge in [0.15, 0.2) is 9.84 Å². The average molecular weight is 243 g/mol. The van der Waals surface area contributed by atoms with E-state index in [-0.39, 0.29) is 4.90 Å². The fraction of sp³-hybridized carbons (Fsp3) is 0.455. The quantitative estimate of drug-likeness (QED) is 0.633. The van der Waals surface area contributed by atoms with Gasteiger partial charge in [-0.1, -0.05) is 13.3 Å². The maximum absolute atomic E-state index is 11.3. The summed E-state index contributed by atoms with van der Waals surface area (Å²) in [7, 11) is -3.20. The number of benzene rings is 1. The molecule has 0 fully saturated rings. The summed E-state index contributed by atoms with van der Waals surface area (Å²) in [5.41, 5.74) is 6.07. The average Bonchev–Trinajstić information content (AvgIpc) is 2.19. The Bertz CT molecular complexity index is 454. The van der Waals surface area contributed by atoms with Gasteiger partial charge in [-0.15, -0.1) is 0 Å². The number of hydrogen-bond donors (Lipinski definition) is 1. The number of nitrogen functional groups attached to an aromatic ring is 1. The van der Waals surface area contributed by atoms with Gasteiger partial charge in [0.2, 0.25) is 0 Å². The first-order valence-electron chi connectivity index (χ1n) is 5.17. The van der Waals surface area contributed by atoms with Crippen LogP contribution in [-0.2, 0) is 9.84 Å². The van der Waals surface area contributed by atoms with E-state index in [0.29, 0.717) is 18.0 Å². The van der Waals surface area contributed by atoms with E-state index in [4.69, 9.17) is 10.5 Å². The third-order valence-electron chi connectivity index (χ3n) is 2.16. The highest BCUT2D eigenvalue weighted by molar-refractivity contribution is 7.90. The number of anilines is 1. The predicted octanol–water partition coefficient (Wildman–Crippen LogP) is 1.85. The summed E-state index contributed by atoms with van der Waals surface area (Å²) in [6, 6.07) is 4.53. The van der Waals surface area contributed by atoms with Gasteiger partial charge >= 0.3 is 0 Å². The second-order valence-electron chi connectivity index (χ2n) is 3.67. The minimum atomic E-state index is -3.20. The van der Waals surface area contributed by atoms with Crippen LogP contribution < -0.4 is 10.5 Å². The Morgan fingerprint density at radius 3 is 2.56 bits per heavy atom. The van der Waals surface area contributed by atoms with Gasteiger partial charge in [-0.3, -0.25) is 0 Å². The third-order valence-corrected chi connectivity index (χ3v) is 3.28. The van der Waals surface area contributed by atoms with Gasteiger partial charge in [0.1, 0.15) is 5.75 Å². The minimum Gasteiger partial charge on any atom is -0.491 e. The van der Waals surface area contributed by atoms with Gasteiger partial charge in [-0.2, -0.15) is 0 Å². The zero-order chi connectivity index (χ0) is 12.2. The molecule has 1 rings (SSSR count). The molecule has 90 valence electrons. The molecule has 0 unspecified atom stereocenters. The second-order valence-corrected chi connectivity index (χ2v) is 5.69. The van der Waals surface area contributed by atoms with E-state index in [0.717, 1.165) is 19.1 Å². The summed E-state index contributed by atoms with van der Waals surface area (Å²) >= 11 is 0. The largest absolute Gasteiger partial charge is 0.491 e. The summed E-state index contributed by atoms with van der Waals surface area (Å²) in [4.78, 5) is 0.216. The molecule has 16 heavy (non-hydrogen) atoms. The van der Waals surface area contributed by atoms with Gasteiger partial charge in [0, 0.05) is 6.26 Å². The first kappa shape index (κ1) is 12.8. The Morgan fingerprint density at radius 1 is 1.38 bits per heavy atom. The number of sulfone groups is 1. The van der Waals surface area contributed by atoms with E-state index >= 15 is 0 Å². The van der Waals surface area contributed by atoms with E-state index < -0.39 is 9.84 Å². The molecule has 2 N–H and O–H groups in total.